The highest BCUT2D eigenvalue weighted by Crippen LogP contribution is 2.18. The number of benzene rings is 2. The highest BCUT2D eigenvalue weighted by molar-refractivity contribution is 6.01. The molecule has 0 heterocycles. The average Bonchev–Trinajstić information content (AvgIpc) is 2.68. The van der Waals surface area contributed by atoms with Crippen molar-refractivity contribution in [2.24, 2.45) is 0 Å². The van der Waals surface area contributed by atoms with Gasteiger partial charge in [-0.1, -0.05) is 18.2 Å². The van der Waals surface area contributed by atoms with Gasteiger partial charge in [-0.25, -0.2) is 4.79 Å². The largest absolute Gasteiger partial charge is 0.465 e. The Labute approximate surface area is 157 Å². The molecule has 0 atom stereocenters. The molecule has 0 saturated heterocycles. The summed E-state index contributed by atoms with van der Waals surface area (Å²) < 4.78 is 4.70. The standard InChI is InChI=1S/C20H19N3O4/c1-14(24)23(16-7-5-6-15(12-16)13-21)11-10-19(25)22-18-9-4-3-8-17(18)20(26)27-2/h3-9,12H,10-11H2,1-2H3,(H,22,25). The SMILES string of the molecule is COC(=O)c1ccccc1NC(=O)CCN(C(C)=O)c1cccc(C#N)c1. The van der Waals surface area contributed by atoms with E-state index >= 15 is 0 Å². The average molecular weight is 365 g/mol. The number of nitrogens with one attached hydrogen (secondary N) is 1. The number of anilines is 2. The van der Waals surface area contributed by atoms with Crippen LogP contribution < -0.4 is 10.2 Å². The predicted octanol–water partition coefficient (Wildman–Crippen LogP) is 2.73. The number of amides is 2. The van der Waals surface area contributed by atoms with Crippen molar-refractivity contribution in [3.8, 4) is 6.07 Å². The summed E-state index contributed by atoms with van der Waals surface area (Å²) in [5, 5.41) is 11.7. The zero-order chi connectivity index (χ0) is 19.8. The molecule has 0 unspecified atom stereocenters. The smallest absolute Gasteiger partial charge is 0.339 e. The molecule has 2 rings (SSSR count). The zero-order valence-electron chi connectivity index (χ0n) is 15.1. The number of esters is 1. The molecule has 0 aliphatic rings. The molecule has 0 aliphatic carbocycles. The molecule has 0 fully saturated rings. The summed E-state index contributed by atoms with van der Waals surface area (Å²) in [5.41, 5.74) is 1.56. The Bertz CT molecular complexity index is 902. The number of hydrogen-bond donors (Lipinski definition) is 1. The van der Waals surface area contributed by atoms with Gasteiger partial charge < -0.3 is 15.0 Å². The maximum atomic E-state index is 12.3. The Morgan fingerprint density at radius 2 is 1.89 bits per heavy atom. The molecule has 0 saturated carbocycles. The van der Waals surface area contributed by atoms with Gasteiger partial charge in [-0.2, -0.15) is 5.26 Å². The lowest BCUT2D eigenvalue weighted by Gasteiger charge is -2.21. The van der Waals surface area contributed by atoms with Crippen LogP contribution in [-0.4, -0.2) is 31.4 Å². The van der Waals surface area contributed by atoms with E-state index in [1.54, 1.807) is 48.5 Å². The highest BCUT2D eigenvalue weighted by Gasteiger charge is 2.16. The van der Waals surface area contributed by atoms with E-state index in [4.69, 9.17) is 10.00 Å². The van der Waals surface area contributed by atoms with E-state index in [2.05, 4.69) is 5.32 Å². The second-order valence-corrected chi connectivity index (χ2v) is 5.67. The number of nitriles is 1. The van der Waals surface area contributed by atoms with E-state index < -0.39 is 5.97 Å². The molecule has 7 heteroatoms. The molecule has 2 aromatic rings. The van der Waals surface area contributed by atoms with Crippen LogP contribution in [0.25, 0.3) is 0 Å². The molecule has 0 spiro atoms. The van der Waals surface area contributed by atoms with Gasteiger partial charge in [0, 0.05) is 25.6 Å². The second-order valence-electron chi connectivity index (χ2n) is 5.67. The van der Waals surface area contributed by atoms with E-state index in [1.165, 1.54) is 18.9 Å². The van der Waals surface area contributed by atoms with Gasteiger partial charge in [0.25, 0.3) is 0 Å². The highest BCUT2D eigenvalue weighted by atomic mass is 16.5. The van der Waals surface area contributed by atoms with Crippen LogP contribution in [0.4, 0.5) is 11.4 Å². The van der Waals surface area contributed by atoms with E-state index in [0.717, 1.165) is 0 Å². The topological polar surface area (TPSA) is 99.5 Å². The Morgan fingerprint density at radius 3 is 2.56 bits per heavy atom. The summed E-state index contributed by atoms with van der Waals surface area (Å²) in [7, 11) is 1.26. The quantitative estimate of drug-likeness (QED) is 0.794. The van der Waals surface area contributed by atoms with Gasteiger partial charge in [0.1, 0.15) is 0 Å². The van der Waals surface area contributed by atoms with Crippen molar-refractivity contribution in [1.29, 1.82) is 5.26 Å². The van der Waals surface area contributed by atoms with Crippen molar-refractivity contribution in [3.63, 3.8) is 0 Å². The number of carbonyl (C=O) groups is 3. The Kier molecular flexibility index (Phi) is 6.67. The summed E-state index contributed by atoms with van der Waals surface area (Å²) in [6.45, 7) is 1.53. The lowest BCUT2D eigenvalue weighted by molar-refractivity contribution is -0.117. The molecule has 138 valence electrons. The van der Waals surface area contributed by atoms with Crippen molar-refractivity contribution in [2.45, 2.75) is 13.3 Å². The fraction of sp³-hybridized carbons (Fsp3) is 0.200. The molecule has 0 aliphatic heterocycles. The van der Waals surface area contributed by atoms with Gasteiger partial charge in [-0.15, -0.1) is 0 Å². The summed E-state index contributed by atoms with van der Waals surface area (Å²) in [5.74, 6) is -1.15. The van der Waals surface area contributed by atoms with Crippen LogP contribution in [0.5, 0.6) is 0 Å². The van der Waals surface area contributed by atoms with Crippen molar-refractivity contribution in [3.05, 3.63) is 59.7 Å². The molecule has 0 radical (unpaired) electrons. The lowest BCUT2D eigenvalue weighted by Crippen LogP contribution is -2.32. The number of hydrogen-bond acceptors (Lipinski definition) is 5. The number of para-hydroxylation sites is 1. The maximum Gasteiger partial charge on any atom is 0.339 e. The van der Waals surface area contributed by atoms with E-state index in [9.17, 15) is 14.4 Å². The normalized spacial score (nSPS) is 9.81. The van der Waals surface area contributed by atoms with Crippen molar-refractivity contribution >= 4 is 29.2 Å². The van der Waals surface area contributed by atoms with Crippen LogP contribution in [0.15, 0.2) is 48.5 Å². The van der Waals surface area contributed by atoms with Gasteiger partial charge in [0.05, 0.1) is 30.0 Å². The van der Waals surface area contributed by atoms with Crippen LogP contribution in [0.1, 0.15) is 29.3 Å². The van der Waals surface area contributed by atoms with Gasteiger partial charge in [0.2, 0.25) is 11.8 Å². The Morgan fingerprint density at radius 1 is 1.15 bits per heavy atom. The first-order valence-corrected chi connectivity index (χ1v) is 8.21. The molecule has 2 aromatic carbocycles. The minimum atomic E-state index is -0.551. The molecule has 7 nitrogen and oxygen atoms in total. The van der Waals surface area contributed by atoms with Gasteiger partial charge in [-0.3, -0.25) is 9.59 Å². The number of nitrogens with zero attached hydrogens (tertiary/aromatic N) is 2. The summed E-state index contributed by atoms with van der Waals surface area (Å²) in [6.07, 6.45) is 0.0197. The first kappa shape index (κ1) is 19.7. The maximum absolute atomic E-state index is 12.3. The molecular formula is C20H19N3O4. The number of rotatable bonds is 6. The van der Waals surface area contributed by atoms with Gasteiger partial charge in [0.15, 0.2) is 0 Å². The van der Waals surface area contributed by atoms with E-state index in [-0.39, 0.29) is 30.3 Å². The fourth-order valence-corrected chi connectivity index (χ4v) is 2.52. The minimum Gasteiger partial charge on any atom is -0.465 e. The summed E-state index contributed by atoms with van der Waals surface area (Å²) in [6, 6.07) is 15.1. The first-order valence-electron chi connectivity index (χ1n) is 8.21. The van der Waals surface area contributed by atoms with E-state index in [1.807, 2.05) is 6.07 Å². The van der Waals surface area contributed by atoms with Gasteiger partial charge in [-0.05, 0) is 30.3 Å². The van der Waals surface area contributed by atoms with Crippen LogP contribution in [-0.2, 0) is 14.3 Å². The lowest BCUT2D eigenvalue weighted by atomic mass is 10.1. The van der Waals surface area contributed by atoms with E-state index in [0.29, 0.717) is 16.9 Å². The number of methoxy groups -OCH3 is 1. The Hall–Kier alpha value is -3.66. The monoisotopic (exact) mass is 365 g/mol. The third-order valence-electron chi connectivity index (χ3n) is 3.84. The van der Waals surface area contributed by atoms with Crippen molar-refractivity contribution < 1.29 is 19.1 Å². The third-order valence-corrected chi connectivity index (χ3v) is 3.84. The fourth-order valence-electron chi connectivity index (χ4n) is 2.52. The molecule has 2 amide bonds. The van der Waals surface area contributed by atoms with Crippen LogP contribution in [0.2, 0.25) is 0 Å². The van der Waals surface area contributed by atoms with Crippen LogP contribution in [0.3, 0.4) is 0 Å². The van der Waals surface area contributed by atoms with Crippen LogP contribution >= 0.6 is 0 Å². The minimum absolute atomic E-state index is 0.0197. The first-order chi connectivity index (χ1) is 13.0. The molecule has 0 bridgehead atoms. The summed E-state index contributed by atoms with van der Waals surface area (Å²) in [4.78, 5) is 37.4. The molecular weight excluding hydrogens is 346 g/mol. The molecule has 1 N–H and O–H groups in total. The van der Waals surface area contributed by atoms with Gasteiger partial charge >= 0.3 is 5.97 Å². The predicted molar refractivity (Wildman–Crippen MR) is 100 cm³/mol. The Balaban J connectivity index is 2.08. The van der Waals surface area contributed by atoms with Crippen molar-refractivity contribution in [2.75, 3.05) is 23.9 Å². The number of ether oxygens (including phenoxy) is 1. The van der Waals surface area contributed by atoms with Crippen molar-refractivity contribution in [1.82, 2.24) is 0 Å². The molecule has 27 heavy (non-hydrogen) atoms. The van der Waals surface area contributed by atoms with Crippen LogP contribution in [0, 0.1) is 11.3 Å². The molecule has 0 aromatic heterocycles. The second kappa shape index (κ2) is 9.15. The number of carbonyl (C=O) groups excluding carboxylic acids is 3. The summed E-state index contributed by atoms with van der Waals surface area (Å²) >= 11 is 0. The zero-order valence-corrected chi connectivity index (χ0v) is 15.1. The third kappa shape index (κ3) is 5.16.